The van der Waals surface area contributed by atoms with E-state index in [9.17, 15) is 40.3 Å². The van der Waals surface area contributed by atoms with Crippen LogP contribution in [0.3, 0.4) is 0 Å². The van der Waals surface area contributed by atoms with Gasteiger partial charge in [0.1, 0.15) is 0 Å². The molecular weight excluding hydrogens is 425 g/mol. The minimum Gasteiger partial charge on any atom is -0.421 e. The van der Waals surface area contributed by atoms with Crippen molar-refractivity contribution in [2.24, 2.45) is 0 Å². The molecule has 0 N–H and O–H groups in total. The summed E-state index contributed by atoms with van der Waals surface area (Å²) in [5.41, 5.74) is -2.03. The highest BCUT2D eigenvalue weighted by Crippen LogP contribution is 2.47. The lowest BCUT2D eigenvalue weighted by atomic mass is 9.97. The van der Waals surface area contributed by atoms with Crippen molar-refractivity contribution >= 4 is 11.6 Å². The van der Waals surface area contributed by atoms with Gasteiger partial charge in [-0.15, -0.1) is 0 Å². The minimum atomic E-state index is -4.97. The van der Waals surface area contributed by atoms with Crippen LogP contribution in [0.4, 0.5) is 30.7 Å². The van der Waals surface area contributed by atoms with Gasteiger partial charge in [-0.05, 0) is 24.3 Å². The summed E-state index contributed by atoms with van der Waals surface area (Å²) in [6.07, 6.45) is -15.8. The smallest absolute Gasteiger partial charge is 0.421 e. The molecule has 0 spiro atoms. The van der Waals surface area contributed by atoms with Gasteiger partial charge in [-0.3, -0.25) is 9.59 Å². The zero-order valence-electron chi connectivity index (χ0n) is 14.7. The number of hydrogen-bond acceptors (Lipinski definition) is 4. The topological polar surface area (TPSA) is 52.6 Å². The Hall–Kier alpha value is -3.11. The van der Waals surface area contributed by atoms with Gasteiger partial charge in [-0.2, -0.15) is 30.7 Å². The van der Waals surface area contributed by atoms with Crippen molar-refractivity contribution in [3.63, 3.8) is 0 Å². The number of Topliss-reactive ketones (excluding diaryl/α,β-unsaturated/α-hetero) is 2. The molecule has 2 aromatic carbocycles. The van der Waals surface area contributed by atoms with Gasteiger partial charge in [-0.25, -0.2) is 0 Å². The maximum Gasteiger partial charge on any atom is 0.507 e. The first-order chi connectivity index (χ1) is 13.8. The Kier molecular flexibility index (Phi) is 5.25. The third-order valence-corrected chi connectivity index (χ3v) is 4.19. The normalized spacial score (nSPS) is 16.8. The second kappa shape index (κ2) is 7.29. The molecule has 1 heterocycles. The average molecular weight is 436 g/mol. The molecule has 0 amide bonds. The van der Waals surface area contributed by atoms with Crippen LogP contribution in [0.15, 0.2) is 42.5 Å². The van der Waals surface area contributed by atoms with Crippen molar-refractivity contribution in [1.29, 1.82) is 0 Å². The zero-order valence-corrected chi connectivity index (χ0v) is 14.7. The van der Waals surface area contributed by atoms with E-state index in [1.807, 2.05) is 0 Å². The number of hydrogen-bond donors (Lipinski definition) is 0. The number of ether oxygens (including phenoxy) is 2. The van der Waals surface area contributed by atoms with Crippen molar-refractivity contribution in [2.75, 3.05) is 0 Å². The largest absolute Gasteiger partial charge is 0.507 e. The molecule has 0 radical (unpaired) electrons. The number of carbonyl (C=O) groups excluding carboxylic acids is 2. The van der Waals surface area contributed by atoms with E-state index < -0.39 is 65.4 Å². The molecule has 30 heavy (non-hydrogen) atoms. The van der Waals surface area contributed by atoms with Gasteiger partial charge in [0.05, 0.1) is 5.56 Å². The van der Waals surface area contributed by atoms with Gasteiger partial charge in [0.2, 0.25) is 0 Å². The summed E-state index contributed by atoms with van der Waals surface area (Å²) in [6, 6.07) is 6.58. The second-order valence-corrected chi connectivity index (χ2v) is 6.29. The first kappa shape index (κ1) is 21.6. The first-order valence-electron chi connectivity index (χ1n) is 8.32. The number of rotatable bonds is 5. The number of ketones is 2. The van der Waals surface area contributed by atoms with E-state index in [4.69, 9.17) is 0 Å². The molecule has 0 aromatic heterocycles. The van der Waals surface area contributed by atoms with E-state index >= 15 is 0 Å². The Morgan fingerprint density at radius 2 is 1.37 bits per heavy atom. The number of halogens is 7. The standard InChI is InChI=1S/C19H11F7O4/c20-17(21,22)12-4-2-1-3-11(12)14(28)7-6-13(27)10-5-8-15-16(9-10)30-19(25,26)18(23,24)29-15/h1-5,8-9H,6-7H2. The van der Waals surface area contributed by atoms with E-state index in [0.717, 1.165) is 36.4 Å². The maximum atomic E-state index is 13.3. The highest BCUT2D eigenvalue weighted by atomic mass is 19.4. The lowest BCUT2D eigenvalue weighted by Crippen LogP contribution is -2.52. The summed E-state index contributed by atoms with van der Waals surface area (Å²) in [5.74, 6) is -3.27. The van der Waals surface area contributed by atoms with Crippen molar-refractivity contribution in [3.05, 3.63) is 59.2 Å². The van der Waals surface area contributed by atoms with Crippen molar-refractivity contribution in [3.8, 4) is 11.5 Å². The lowest BCUT2D eigenvalue weighted by Gasteiger charge is -2.31. The van der Waals surface area contributed by atoms with Gasteiger partial charge >= 0.3 is 18.4 Å². The summed E-state index contributed by atoms with van der Waals surface area (Å²) in [7, 11) is 0. The highest BCUT2D eigenvalue weighted by Gasteiger charge is 2.65. The van der Waals surface area contributed by atoms with E-state index in [1.54, 1.807) is 0 Å². The third-order valence-electron chi connectivity index (χ3n) is 4.19. The quantitative estimate of drug-likeness (QED) is 0.458. The minimum absolute atomic E-state index is 0.268. The molecule has 4 nitrogen and oxygen atoms in total. The molecule has 0 aliphatic carbocycles. The number of benzene rings is 2. The predicted molar refractivity (Wildman–Crippen MR) is 86.9 cm³/mol. The molecule has 0 unspecified atom stereocenters. The molecule has 0 atom stereocenters. The summed E-state index contributed by atoms with van der Waals surface area (Å²) in [5, 5.41) is 0. The van der Waals surface area contributed by atoms with E-state index in [2.05, 4.69) is 9.47 Å². The Bertz CT molecular complexity index is 999. The fourth-order valence-electron chi connectivity index (χ4n) is 2.72. The van der Waals surface area contributed by atoms with Gasteiger partial charge in [0.25, 0.3) is 0 Å². The fourth-order valence-corrected chi connectivity index (χ4v) is 2.72. The SMILES string of the molecule is O=C(CCC(=O)c1ccccc1C(F)(F)F)c1ccc2c(c1)OC(F)(F)C(F)(F)O2. The highest BCUT2D eigenvalue weighted by molar-refractivity contribution is 6.03. The van der Waals surface area contributed by atoms with Gasteiger partial charge in [-0.1, -0.05) is 18.2 Å². The molecule has 0 saturated carbocycles. The number of alkyl halides is 7. The predicted octanol–water partition coefficient (Wildman–Crippen LogP) is 5.51. The number of carbonyl (C=O) groups is 2. The zero-order chi connectivity index (χ0) is 22.3. The molecule has 160 valence electrons. The molecular formula is C19H11F7O4. The van der Waals surface area contributed by atoms with Gasteiger partial charge < -0.3 is 9.47 Å². The Morgan fingerprint density at radius 3 is 2.00 bits per heavy atom. The lowest BCUT2D eigenvalue weighted by molar-refractivity contribution is -0.391. The summed E-state index contributed by atoms with van der Waals surface area (Å²) < 4.78 is 99.5. The van der Waals surface area contributed by atoms with Crippen LogP contribution < -0.4 is 9.47 Å². The Labute approximate surface area is 164 Å². The average Bonchev–Trinajstić information content (AvgIpc) is 2.65. The van der Waals surface area contributed by atoms with E-state index in [-0.39, 0.29) is 5.56 Å². The van der Waals surface area contributed by atoms with Crippen LogP contribution in [0, 0.1) is 0 Å². The summed E-state index contributed by atoms with van der Waals surface area (Å²) in [4.78, 5) is 24.4. The summed E-state index contributed by atoms with van der Waals surface area (Å²) >= 11 is 0. The van der Waals surface area contributed by atoms with Crippen LogP contribution in [0.5, 0.6) is 11.5 Å². The van der Waals surface area contributed by atoms with Crippen LogP contribution >= 0.6 is 0 Å². The fraction of sp³-hybridized carbons (Fsp3) is 0.263. The molecule has 2 aromatic rings. The number of fused-ring (bicyclic) bond motifs is 1. The monoisotopic (exact) mass is 436 g/mol. The van der Waals surface area contributed by atoms with Crippen molar-refractivity contribution < 1.29 is 49.8 Å². The second-order valence-electron chi connectivity index (χ2n) is 6.29. The Balaban J connectivity index is 1.74. The van der Waals surface area contributed by atoms with Crippen LogP contribution in [0.1, 0.15) is 39.1 Å². The summed E-state index contributed by atoms with van der Waals surface area (Å²) in [6.45, 7) is 0. The molecule has 1 aliphatic heterocycles. The Morgan fingerprint density at radius 1 is 0.800 bits per heavy atom. The van der Waals surface area contributed by atoms with E-state index in [1.165, 1.54) is 6.07 Å². The molecule has 3 rings (SSSR count). The van der Waals surface area contributed by atoms with Crippen molar-refractivity contribution in [1.82, 2.24) is 0 Å². The molecule has 0 saturated heterocycles. The maximum absolute atomic E-state index is 13.3. The molecule has 0 bridgehead atoms. The van der Waals surface area contributed by atoms with Crippen molar-refractivity contribution in [2.45, 2.75) is 31.2 Å². The molecule has 0 fully saturated rings. The van der Waals surface area contributed by atoms with Crippen LogP contribution in [0.25, 0.3) is 0 Å². The van der Waals surface area contributed by atoms with Gasteiger partial charge in [0.15, 0.2) is 23.1 Å². The van der Waals surface area contributed by atoms with Crippen LogP contribution in [-0.4, -0.2) is 23.8 Å². The van der Waals surface area contributed by atoms with Crippen LogP contribution in [0.2, 0.25) is 0 Å². The molecule has 1 aliphatic rings. The van der Waals surface area contributed by atoms with Gasteiger partial charge in [0, 0.05) is 24.0 Å². The van der Waals surface area contributed by atoms with E-state index in [0.29, 0.717) is 0 Å². The van der Waals surface area contributed by atoms with Crippen LogP contribution in [-0.2, 0) is 6.18 Å². The first-order valence-corrected chi connectivity index (χ1v) is 8.32. The molecule has 11 heteroatoms. The third kappa shape index (κ3) is 4.10.